The predicted molar refractivity (Wildman–Crippen MR) is 60.0 cm³/mol. The van der Waals surface area contributed by atoms with Crippen LogP contribution in [0.5, 0.6) is 5.75 Å². The van der Waals surface area contributed by atoms with E-state index in [1.54, 1.807) is 24.2 Å². The number of amides is 1. The van der Waals surface area contributed by atoms with Crippen LogP contribution < -0.4 is 15.8 Å². The van der Waals surface area contributed by atoms with Crippen molar-refractivity contribution in [1.82, 2.24) is 15.1 Å². The quantitative estimate of drug-likeness (QED) is 0.700. The standard InChI is InChI=1S/C10H18N4O2/c1-7(2)13-9(10(11)15)6-14-5-8(16-3)4-12-14/h4-5,7,9,13H,6H2,1-3H3,(H2,11,15). The number of aromatic nitrogens is 2. The van der Waals surface area contributed by atoms with Gasteiger partial charge in [0.1, 0.15) is 6.04 Å². The minimum Gasteiger partial charge on any atom is -0.493 e. The van der Waals surface area contributed by atoms with Gasteiger partial charge in [0.15, 0.2) is 5.75 Å². The highest BCUT2D eigenvalue weighted by Gasteiger charge is 2.17. The first-order valence-electron chi connectivity index (χ1n) is 5.14. The Morgan fingerprint density at radius 3 is 2.81 bits per heavy atom. The van der Waals surface area contributed by atoms with Gasteiger partial charge in [-0.2, -0.15) is 5.10 Å². The van der Waals surface area contributed by atoms with Gasteiger partial charge in [-0.3, -0.25) is 9.48 Å². The van der Waals surface area contributed by atoms with Gasteiger partial charge in [-0.05, 0) is 0 Å². The van der Waals surface area contributed by atoms with E-state index in [0.717, 1.165) is 0 Å². The molecule has 0 aliphatic heterocycles. The van der Waals surface area contributed by atoms with Crippen molar-refractivity contribution >= 4 is 5.91 Å². The Morgan fingerprint density at radius 1 is 1.69 bits per heavy atom. The van der Waals surface area contributed by atoms with Gasteiger partial charge < -0.3 is 15.8 Å². The third-order valence-corrected chi connectivity index (χ3v) is 2.09. The molecule has 0 saturated heterocycles. The lowest BCUT2D eigenvalue weighted by Gasteiger charge is -2.17. The second-order valence-corrected chi connectivity index (χ2v) is 3.88. The average molecular weight is 226 g/mol. The summed E-state index contributed by atoms with van der Waals surface area (Å²) in [6.45, 7) is 4.32. The molecule has 1 aromatic heterocycles. The zero-order chi connectivity index (χ0) is 12.1. The van der Waals surface area contributed by atoms with E-state index in [1.807, 2.05) is 13.8 Å². The van der Waals surface area contributed by atoms with Gasteiger partial charge in [-0.15, -0.1) is 0 Å². The molecule has 0 saturated carbocycles. The molecule has 0 spiro atoms. The summed E-state index contributed by atoms with van der Waals surface area (Å²) in [6, 6.07) is -0.237. The maximum absolute atomic E-state index is 11.2. The highest BCUT2D eigenvalue weighted by atomic mass is 16.5. The smallest absolute Gasteiger partial charge is 0.236 e. The van der Waals surface area contributed by atoms with Gasteiger partial charge in [-0.25, -0.2) is 0 Å². The van der Waals surface area contributed by atoms with Crippen LogP contribution in [0.2, 0.25) is 0 Å². The average Bonchev–Trinajstić information content (AvgIpc) is 2.63. The monoisotopic (exact) mass is 226 g/mol. The predicted octanol–water partition coefficient (Wildman–Crippen LogP) is -0.256. The van der Waals surface area contributed by atoms with Gasteiger partial charge in [0.25, 0.3) is 0 Å². The van der Waals surface area contributed by atoms with Gasteiger partial charge >= 0.3 is 0 Å². The van der Waals surface area contributed by atoms with Crippen LogP contribution in [0, 0.1) is 0 Å². The SMILES string of the molecule is COc1cnn(CC(NC(C)C)C(N)=O)c1. The summed E-state index contributed by atoms with van der Waals surface area (Å²) < 4.78 is 6.63. The van der Waals surface area contributed by atoms with Crippen molar-refractivity contribution in [1.29, 1.82) is 0 Å². The van der Waals surface area contributed by atoms with E-state index in [-0.39, 0.29) is 11.9 Å². The molecule has 1 unspecified atom stereocenters. The van der Waals surface area contributed by atoms with E-state index in [2.05, 4.69) is 10.4 Å². The van der Waals surface area contributed by atoms with Crippen molar-refractivity contribution in [2.75, 3.05) is 7.11 Å². The molecule has 0 radical (unpaired) electrons. The van der Waals surface area contributed by atoms with Crippen molar-refractivity contribution in [3.63, 3.8) is 0 Å². The highest BCUT2D eigenvalue weighted by Crippen LogP contribution is 2.07. The molecule has 1 atom stereocenters. The summed E-state index contributed by atoms with van der Waals surface area (Å²) in [4.78, 5) is 11.2. The molecular weight excluding hydrogens is 208 g/mol. The number of hydrogen-bond donors (Lipinski definition) is 2. The summed E-state index contributed by atoms with van der Waals surface area (Å²) in [5.41, 5.74) is 5.30. The van der Waals surface area contributed by atoms with Gasteiger partial charge in [0.2, 0.25) is 5.91 Å². The van der Waals surface area contributed by atoms with Crippen LogP contribution in [0.15, 0.2) is 12.4 Å². The molecule has 16 heavy (non-hydrogen) atoms. The van der Waals surface area contributed by atoms with E-state index in [1.165, 1.54) is 0 Å². The summed E-state index contributed by atoms with van der Waals surface area (Å²) in [5, 5.41) is 7.14. The van der Waals surface area contributed by atoms with E-state index in [0.29, 0.717) is 12.3 Å². The zero-order valence-corrected chi connectivity index (χ0v) is 9.80. The Kier molecular flexibility index (Phi) is 4.30. The zero-order valence-electron chi connectivity index (χ0n) is 9.80. The van der Waals surface area contributed by atoms with Crippen LogP contribution in [0.25, 0.3) is 0 Å². The van der Waals surface area contributed by atoms with Crippen LogP contribution in [0.4, 0.5) is 0 Å². The normalized spacial score (nSPS) is 12.8. The van der Waals surface area contributed by atoms with E-state index in [9.17, 15) is 4.79 Å². The number of primary amides is 1. The third-order valence-electron chi connectivity index (χ3n) is 2.09. The Bertz CT molecular complexity index is 348. The van der Waals surface area contributed by atoms with Crippen molar-refractivity contribution in [3.05, 3.63) is 12.4 Å². The van der Waals surface area contributed by atoms with Crippen LogP contribution in [0.1, 0.15) is 13.8 Å². The number of carbonyl (C=O) groups is 1. The Labute approximate surface area is 94.8 Å². The molecule has 0 fully saturated rings. The van der Waals surface area contributed by atoms with Crippen LogP contribution >= 0.6 is 0 Å². The lowest BCUT2D eigenvalue weighted by Crippen LogP contribution is -2.47. The number of rotatable bonds is 6. The molecule has 0 bridgehead atoms. The summed E-state index contributed by atoms with van der Waals surface area (Å²) >= 11 is 0. The fraction of sp³-hybridized carbons (Fsp3) is 0.600. The number of methoxy groups -OCH3 is 1. The largest absolute Gasteiger partial charge is 0.493 e. The summed E-state index contributed by atoms with van der Waals surface area (Å²) in [6.07, 6.45) is 3.31. The number of ether oxygens (including phenoxy) is 1. The number of hydrogen-bond acceptors (Lipinski definition) is 4. The molecule has 1 rings (SSSR count). The number of nitrogens with two attached hydrogens (primary N) is 1. The van der Waals surface area contributed by atoms with Crippen LogP contribution in [-0.2, 0) is 11.3 Å². The molecule has 1 amide bonds. The van der Waals surface area contributed by atoms with Crippen molar-refractivity contribution < 1.29 is 9.53 Å². The molecule has 1 aromatic rings. The minimum absolute atomic E-state index is 0.190. The van der Waals surface area contributed by atoms with Crippen LogP contribution in [-0.4, -0.2) is 34.9 Å². The van der Waals surface area contributed by atoms with E-state index < -0.39 is 6.04 Å². The first kappa shape index (κ1) is 12.5. The Hall–Kier alpha value is -1.56. The molecule has 6 heteroatoms. The second-order valence-electron chi connectivity index (χ2n) is 3.88. The number of nitrogens with one attached hydrogen (secondary N) is 1. The Morgan fingerprint density at radius 2 is 2.38 bits per heavy atom. The molecule has 0 aliphatic rings. The maximum atomic E-state index is 11.2. The lowest BCUT2D eigenvalue weighted by atomic mass is 10.2. The molecule has 90 valence electrons. The molecule has 1 heterocycles. The first-order valence-corrected chi connectivity index (χ1v) is 5.14. The molecule has 3 N–H and O–H groups in total. The van der Waals surface area contributed by atoms with Crippen molar-refractivity contribution in [3.8, 4) is 5.75 Å². The topological polar surface area (TPSA) is 82.2 Å². The highest BCUT2D eigenvalue weighted by molar-refractivity contribution is 5.79. The minimum atomic E-state index is -0.426. The Balaban J connectivity index is 2.64. The summed E-state index contributed by atoms with van der Waals surface area (Å²) in [5.74, 6) is 0.274. The second kappa shape index (κ2) is 5.50. The van der Waals surface area contributed by atoms with Crippen molar-refractivity contribution in [2.45, 2.75) is 32.5 Å². The summed E-state index contributed by atoms with van der Waals surface area (Å²) in [7, 11) is 1.57. The van der Waals surface area contributed by atoms with E-state index in [4.69, 9.17) is 10.5 Å². The maximum Gasteiger partial charge on any atom is 0.236 e. The van der Waals surface area contributed by atoms with Crippen LogP contribution in [0.3, 0.4) is 0 Å². The number of carbonyl (C=O) groups excluding carboxylic acids is 1. The van der Waals surface area contributed by atoms with Gasteiger partial charge in [-0.1, -0.05) is 13.8 Å². The molecule has 0 aromatic carbocycles. The molecule has 0 aliphatic carbocycles. The van der Waals surface area contributed by atoms with Gasteiger partial charge in [0.05, 0.1) is 26.0 Å². The lowest BCUT2D eigenvalue weighted by molar-refractivity contribution is -0.120. The molecular formula is C10H18N4O2. The fourth-order valence-electron chi connectivity index (χ4n) is 1.36. The molecule has 6 nitrogen and oxygen atoms in total. The first-order chi connectivity index (χ1) is 7.52. The van der Waals surface area contributed by atoms with Crippen molar-refractivity contribution in [2.24, 2.45) is 5.73 Å². The fourth-order valence-corrected chi connectivity index (χ4v) is 1.36. The van der Waals surface area contributed by atoms with E-state index >= 15 is 0 Å². The number of nitrogens with zero attached hydrogens (tertiary/aromatic N) is 2. The third kappa shape index (κ3) is 3.54. The van der Waals surface area contributed by atoms with Gasteiger partial charge in [0, 0.05) is 6.04 Å².